The molecule has 0 heterocycles. The highest BCUT2D eigenvalue weighted by atomic mass is 35.5. The lowest BCUT2D eigenvalue weighted by atomic mass is 10.3. The van der Waals surface area contributed by atoms with Crippen molar-refractivity contribution in [3.05, 3.63) is 22.2 Å². The molecule has 0 fully saturated rings. The van der Waals surface area contributed by atoms with Crippen LogP contribution in [0.2, 0.25) is 10.0 Å². The second-order valence-electron chi connectivity index (χ2n) is 2.17. The smallest absolute Gasteiger partial charge is 0.176 e. The molecule has 1 aromatic rings. The second kappa shape index (κ2) is 3.87. The van der Waals surface area contributed by atoms with Crippen molar-refractivity contribution in [2.75, 3.05) is 6.61 Å². The van der Waals surface area contributed by atoms with Gasteiger partial charge >= 0.3 is 0 Å². The molecule has 0 radical (unpaired) electrons. The Bertz CT molecular complexity index is 287. The lowest BCUT2D eigenvalue weighted by molar-refractivity contribution is 0.318. The third kappa shape index (κ3) is 1.96. The summed E-state index contributed by atoms with van der Waals surface area (Å²) in [6.45, 7) is 2.28. The fraction of sp³-hybridized carbons (Fsp3) is 0.250. The van der Waals surface area contributed by atoms with E-state index in [-0.39, 0.29) is 10.8 Å². The predicted molar refractivity (Wildman–Crippen MR) is 49.3 cm³/mol. The minimum absolute atomic E-state index is 0.0667. The molecule has 12 heavy (non-hydrogen) atoms. The lowest BCUT2D eigenvalue weighted by Crippen LogP contribution is -1.91. The number of rotatable bonds is 2. The molecule has 0 spiro atoms. The molecule has 0 unspecified atom stereocenters. The van der Waals surface area contributed by atoms with Gasteiger partial charge in [-0.3, -0.25) is 0 Å². The Morgan fingerprint density at radius 3 is 2.67 bits per heavy atom. The second-order valence-corrected chi connectivity index (χ2v) is 3.01. The van der Waals surface area contributed by atoms with Crippen molar-refractivity contribution >= 4 is 23.2 Å². The van der Waals surface area contributed by atoms with Crippen molar-refractivity contribution in [2.45, 2.75) is 6.92 Å². The summed E-state index contributed by atoms with van der Waals surface area (Å²) >= 11 is 11.3. The van der Waals surface area contributed by atoms with Gasteiger partial charge in [0.2, 0.25) is 0 Å². The number of benzene rings is 1. The zero-order valence-electron chi connectivity index (χ0n) is 6.47. The van der Waals surface area contributed by atoms with Crippen molar-refractivity contribution in [3.63, 3.8) is 0 Å². The topological polar surface area (TPSA) is 29.5 Å². The van der Waals surface area contributed by atoms with Gasteiger partial charge in [-0.1, -0.05) is 23.2 Å². The summed E-state index contributed by atoms with van der Waals surface area (Å²) in [4.78, 5) is 0. The molecule has 0 bridgehead atoms. The number of halogens is 2. The van der Waals surface area contributed by atoms with Crippen LogP contribution in [-0.4, -0.2) is 11.7 Å². The molecular formula is C8H8Cl2O2. The average molecular weight is 207 g/mol. The van der Waals surface area contributed by atoms with E-state index in [9.17, 15) is 5.11 Å². The molecular weight excluding hydrogens is 199 g/mol. The molecule has 0 saturated carbocycles. The van der Waals surface area contributed by atoms with Crippen molar-refractivity contribution in [1.82, 2.24) is 0 Å². The summed E-state index contributed by atoms with van der Waals surface area (Å²) in [6, 6.07) is 2.98. The zero-order valence-corrected chi connectivity index (χ0v) is 7.99. The average Bonchev–Trinajstić information content (AvgIpc) is 2.00. The SMILES string of the molecule is CCOc1cc(Cl)cc(Cl)c1O. The molecule has 0 aliphatic rings. The molecule has 1 N–H and O–H groups in total. The number of aromatic hydroxyl groups is 1. The van der Waals surface area contributed by atoms with Crippen LogP contribution in [0.3, 0.4) is 0 Å². The maximum atomic E-state index is 9.34. The molecule has 1 rings (SSSR count). The van der Waals surface area contributed by atoms with E-state index in [4.69, 9.17) is 27.9 Å². The molecule has 0 aliphatic heterocycles. The summed E-state index contributed by atoms with van der Waals surface area (Å²) in [6.07, 6.45) is 0. The summed E-state index contributed by atoms with van der Waals surface area (Å²) < 4.78 is 5.08. The standard InChI is InChI=1S/C8H8Cl2O2/c1-2-12-7-4-5(9)3-6(10)8(7)11/h3-4,11H,2H2,1H3. The summed E-state index contributed by atoms with van der Waals surface area (Å²) in [7, 11) is 0. The molecule has 0 amide bonds. The number of phenols is 1. The Kier molecular flexibility index (Phi) is 3.06. The van der Waals surface area contributed by atoms with Crippen molar-refractivity contribution in [3.8, 4) is 11.5 Å². The van der Waals surface area contributed by atoms with Crippen LogP contribution in [-0.2, 0) is 0 Å². The van der Waals surface area contributed by atoms with Gasteiger partial charge in [-0.05, 0) is 13.0 Å². The van der Waals surface area contributed by atoms with Crippen LogP contribution in [0.1, 0.15) is 6.92 Å². The number of hydrogen-bond acceptors (Lipinski definition) is 2. The van der Waals surface area contributed by atoms with Crippen LogP contribution in [0.25, 0.3) is 0 Å². The van der Waals surface area contributed by atoms with Gasteiger partial charge in [-0.2, -0.15) is 0 Å². The van der Waals surface area contributed by atoms with Crippen LogP contribution in [0, 0.1) is 0 Å². The highest BCUT2D eigenvalue weighted by Gasteiger charge is 2.07. The number of phenolic OH excluding ortho intramolecular Hbond substituents is 1. The van der Waals surface area contributed by atoms with Gasteiger partial charge < -0.3 is 9.84 Å². The number of ether oxygens (including phenoxy) is 1. The Balaban J connectivity index is 3.09. The van der Waals surface area contributed by atoms with E-state index in [0.29, 0.717) is 17.4 Å². The Hall–Kier alpha value is -0.600. The van der Waals surface area contributed by atoms with E-state index >= 15 is 0 Å². The maximum Gasteiger partial charge on any atom is 0.176 e. The Morgan fingerprint density at radius 1 is 1.42 bits per heavy atom. The molecule has 0 aliphatic carbocycles. The normalized spacial score (nSPS) is 9.92. The van der Waals surface area contributed by atoms with Gasteiger partial charge in [0.15, 0.2) is 11.5 Å². The third-order valence-corrected chi connectivity index (χ3v) is 1.80. The van der Waals surface area contributed by atoms with E-state index in [2.05, 4.69) is 0 Å². The molecule has 4 heteroatoms. The van der Waals surface area contributed by atoms with Gasteiger partial charge in [0.25, 0.3) is 0 Å². The molecule has 2 nitrogen and oxygen atoms in total. The predicted octanol–water partition coefficient (Wildman–Crippen LogP) is 3.10. The van der Waals surface area contributed by atoms with Crippen molar-refractivity contribution in [1.29, 1.82) is 0 Å². The van der Waals surface area contributed by atoms with Crippen LogP contribution < -0.4 is 4.74 Å². The molecule has 0 saturated heterocycles. The molecule has 66 valence electrons. The first-order valence-corrected chi connectivity index (χ1v) is 4.21. The minimum Gasteiger partial charge on any atom is -0.503 e. The zero-order chi connectivity index (χ0) is 9.14. The number of hydrogen-bond donors (Lipinski definition) is 1. The first kappa shape index (κ1) is 9.49. The first-order chi connectivity index (χ1) is 5.65. The highest BCUT2D eigenvalue weighted by Crippen LogP contribution is 2.36. The van der Waals surface area contributed by atoms with E-state index in [1.165, 1.54) is 12.1 Å². The fourth-order valence-electron chi connectivity index (χ4n) is 0.808. The maximum absolute atomic E-state index is 9.34. The summed E-state index contributed by atoms with van der Waals surface area (Å²) in [5.74, 6) is 0.248. The quantitative estimate of drug-likeness (QED) is 0.807. The van der Waals surface area contributed by atoms with Crippen LogP contribution in [0.15, 0.2) is 12.1 Å². The molecule has 1 aromatic carbocycles. The van der Waals surface area contributed by atoms with Gasteiger partial charge in [0.1, 0.15) is 0 Å². The summed E-state index contributed by atoms with van der Waals surface area (Å²) in [5, 5.41) is 9.98. The Labute approximate surface area is 80.7 Å². The summed E-state index contributed by atoms with van der Waals surface area (Å²) in [5.41, 5.74) is 0. The van der Waals surface area contributed by atoms with Gasteiger partial charge in [-0.15, -0.1) is 0 Å². The van der Waals surface area contributed by atoms with E-state index in [0.717, 1.165) is 0 Å². The molecule has 0 aromatic heterocycles. The van der Waals surface area contributed by atoms with Gasteiger partial charge in [0.05, 0.1) is 11.6 Å². The van der Waals surface area contributed by atoms with Crippen molar-refractivity contribution < 1.29 is 9.84 Å². The highest BCUT2D eigenvalue weighted by molar-refractivity contribution is 6.35. The lowest BCUT2D eigenvalue weighted by Gasteiger charge is -2.06. The minimum atomic E-state index is -0.0667. The van der Waals surface area contributed by atoms with E-state index in [1.807, 2.05) is 6.92 Å². The van der Waals surface area contributed by atoms with Gasteiger partial charge in [-0.25, -0.2) is 0 Å². The van der Waals surface area contributed by atoms with E-state index < -0.39 is 0 Å². The van der Waals surface area contributed by atoms with Crippen LogP contribution in [0.4, 0.5) is 0 Å². The Morgan fingerprint density at radius 2 is 2.08 bits per heavy atom. The molecule has 0 atom stereocenters. The monoisotopic (exact) mass is 206 g/mol. The largest absolute Gasteiger partial charge is 0.503 e. The van der Waals surface area contributed by atoms with Crippen LogP contribution in [0.5, 0.6) is 11.5 Å². The van der Waals surface area contributed by atoms with Crippen LogP contribution >= 0.6 is 23.2 Å². The first-order valence-electron chi connectivity index (χ1n) is 3.46. The third-order valence-electron chi connectivity index (χ3n) is 1.29. The van der Waals surface area contributed by atoms with Crippen molar-refractivity contribution in [2.24, 2.45) is 0 Å². The van der Waals surface area contributed by atoms with E-state index in [1.54, 1.807) is 0 Å². The van der Waals surface area contributed by atoms with Gasteiger partial charge in [0, 0.05) is 11.1 Å². The fourth-order valence-corrected chi connectivity index (χ4v) is 1.28.